The van der Waals surface area contributed by atoms with Crippen LogP contribution >= 0.6 is 23.1 Å². The summed E-state index contributed by atoms with van der Waals surface area (Å²) in [7, 11) is 0. The van der Waals surface area contributed by atoms with E-state index in [0.717, 1.165) is 29.6 Å². The molecule has 0 aliphatic rings. The zero-order chi connectivity index (χ0) is 17.1. The van der Waals surface area contributed by atoms with Crippen molar-refractivity contribution in [3.8, 4) is 0 Å². The van der Waals surface area contributed by atoms with E-state index < -0.39 is 0 Å². The van der Waals surface area contributed by atoms with Crippen molar-refractivity contribution in [2.75, 3.05) is 25.4 Å². The molecule has 3 N–H and O–H groups in total. The fourth-order valence-corrected chi connectivity index (χ4v) is 3.32. The number of aromatic nitrogens is 1. The molecular formula is C15H27N5OS2. The third kappa shape index (κ3) is 10.2. The van der Waals surface area contributed by atoms with Crippen LogP contribution in [0.3, 0.4) is 0 Å². The lowest BCUT2D eigenvalue weighted by molar-refractivity contribution is -0.121. The number of carbonyl (C=O) groups excluding carboxylic acids is 1. The number of carbonyl (C=O) groups is 1. The molecular weight excluding hydrogens is 330 g/mol. The second-order valence-corrected chi connectivity index (χ2v) is 8.16. The highest BCUT2D eigenvalue weighted by atomic mass is 32.2. The van der Waals surface area contributed by atoms with Crippen molar-refractivity contribution in [1.82, 2.24) is 20.9 Å². The maximum atomic E-state index is 11.8. The third-order valence-corrected chi connectivity index (χ3v) is 4.54. The highest BCUT2D eigenvalue weighted by molar-refractivity contribution is 8.00. The Morgan fingerprint density at radius 1 is 1.39 bits per heavy atom. The van der Waals surface area contributed by atoms with Crippen LogP contribution in [0.1, 0.15) is 34.1 Å². The fourth-order valence-electron chi connectivity index (χ4n) is 1.67. The minimum Gasteiger partial charge on any atom is -0.357 e. The van der Waals surface area contributed by atoms with Gasteiger partial charge >= 0.3 is 0 Å². The van der Waals surface area contributed by atoms with Crippen LogP contribution in [-0.2, 0) is 4.79 Å². The molecule has 0 aliphatic carbocycles. The number of amides is 1. The van der Waals surface area contributed by atoms with Gasteiger partial charge in [0.15, 0.2) is 5.96 Å². The Balaban J connectivity index is 2.27. The number of aliphatic imine (C=N–C) groups is 1. The number of rotatable bonds is 8. The quantitative estimate of drug-likeness (QED) is 0.287. The molecule has 23 heavy (non-hydrogen) atoms. The van der Waals surface area contributed by atoms with Crippen LogP contribution in [0, 0.1) is 0 Å². The maximum absolute atomic E-state index is 11.8. The van der Waals surface area contributed by atoms with Crippen LogP contribution in [0.25, 0.3) is 0 Å². The van der Waals surface area contributed by atoms with Gasteiger partial charge in [-0.25, -0.2) is 9.98 Å². The van der Waals surface area contributed by atoms with Crippen LogP contribution in [0.2, 0.25) is 0 Å². The zero-order valence-electron chi connectivity index (χ0n) is 14.3. The number of hydrogen-bond acceptors (Lipinski definition) is 5. The number of guanidine groups is 1. The summed E-state index contributed by atoms with van der Waals surface area (Å²) in [6.45, 7) is 9.57. The first kappa shape index (κ1) is 19.8. The summed E-state index contributed by atoms with van der Waals surface area (Å²) in [5.74, 6) is 1.61. The molecule has 1 rings (SSSR count). The number of thiazole rings is 1. The number of nitrogens with zero attached hydrogens (tertiary/aromatic N) is 2. The molecule has 0 aliphatic heterocycles. The number of nitrogens with one attached hydrogen (secondary N) is 3. The van der Waals surface area contributed by atoms with Gasteiger partial charge in [-0.15, -0.1) is 11.3 Å². The van der Waals surface area contributed by atoms with Gasteiger partial charge in [0.25, 0.3) is 0 Å². The van der Waals surface area contributed by atoms with E-state index in [1.807, 2.05) is 39.3 Å². The lowest BCUT2D eigenvalue weighted by atomic mass is 10.1. The third-order valence-electron chi connectivity index (χ3n) is 2.49. The van der Waals surface area contributed by atoms with Crippen molar-refractivity contribution < 1.29 is 4.79 Å². The smallest absolute Gasteiger partial charge is 0.242 e. The van der Waals surface area contributed by atoms with E-state index in [2.05, 4.69) is 25.9 Å². The molecule has 0 bridgehead atoms. The van der Waals surface area contributed by atoms with Crippen molar-refractivity contribution in [2.24, 2.45) is 4.99 Å². The summed E-state index contributed by atoms with van der Waals surface area (Å²) in [6.07, 6.45) is 2.83. The van der Waals surface area contributed by atoms with Gasteiger partial charge in [-0.05, 0) is 34.1 Å². The molecule has 1 aromatic rings. The zero-order valence-corrected chi connectivity index (χ0v) is 15.9. The predicted molar refractivity (Wildman–Crippen MR) is 99.3 cm³/mol. The summed E-state index contributed by atoms with van der Waals surface area (Å²) in [5.41, 5.74) is -0.231. The van der Waals surface area contributed by atoms with Gasteiger partial charge in [-0.3, -0.25) is 4.79 Å². The molecule has 0 fully saturated rings. The van der Waals surface area contributed by atoms with E-state index in [-0.39, 0.29) is 18.0 Å². The Morgan fingerprint density at radius 2 is 2.17 bits per heavy atom. The molecule has 0 saturated carbocycles. The minimum atomic E-state index is -0.231. The molecule has 0 saturated heterocycles. The van der Waals surface area contributed by atoms with Crippen molar-refractivity contribution >= 4 is 35.0 Å². The Bertz CT molecular complexity index is 483. The first-order valence-electron chi connectivity index (χ1n) is 7.76. The van der Waals surface area contributed by atoms with Gasteiger partial charge in [0.05, 0.1) is 0 Å². The molecule has 130 valence electrons. The Labute approximate surface area is 147 Å². The van der Waals surface area contributed by atoms with E-state index in [9.17, 15) is 4.79 Å². The van der Waals surface area contributed by atoms with Gasteiger partial charge < -0.3 is 16.0 Å². The molecule has 1 heterocycles. The molecule has 8 heteroatoms. The van der Waals surface area contributed by atoms with Gasteiger partial charge in [0, 0.05) is 36.0 Å². The Morgan fingerprint density at radius 3 is 2.78 bits per heavy atom. The second-order valence-electron chi connectivity index (χ2n) is 5.92. The van der Waals surface area contributed by atoms with Gasteiger partial charge in [-0.2, -0.15) is 0 Å². The lowest BCUT2D eigenvalue weighted by Crippen LogP contribution is -2.43. The normalized spacial score (nSPS) is 12.1. The average molecular weight is 358 g/mol. The molecule has 0 unspecified atom stereocenters. The Hall–Kier alpha value is -1.28. The first-order valence-corrected chi connectivity index (χ1v) is 9.62. The van der Waals surface area contributed by atoms with Crippen LogP contribution in [0.5, 0.6) is 0 Å². The van der Waals surface area contributed by atoms with E-state index in [0.29, 0.717) is 5.96 Å². The first-order chi connectivity index (χ1) is 10.9. The van der Waals surface area contributed by atoms with E-state index in [1.165, 1.54) is 0 Å². The number of thioether (sulfide) groups is 1. The second kappa shape index (κ2) is 10.5. The van der Waals surface area contributed by atoms with Crippen LogP contribution < -0.4 is 16.0 Å². The summed E-state index contributed by atoms with van der Waals surface area (Å²) >= 11 is 3.42. The van der Waals surface area contributed by atoms with Gasteiger partial charge in [0.2, 0.25) is 5.91 Å². The minimum absolute atomic E-state index is 0.0750. The average Bonchev–Trinajstić information content (AvgIpc) is 2.95. The topological polar surface area (TPSA) is 78.4 Å². The molecule has 0 aromatic carbocycles. The molecule has 0 radical (unpaired) electrons. The van der Waals surface area contributed by atoms with E-state index >= 15 is 0 Å². The van der Waals surface area contributed by atoms with Crippen molar-refractivity contribution in [1.29, 1.82) is 0 Å². The molecule has 0 atom stereocenters. The largest absolute Gasteiger partial charge is 0.357 e. The summed E-state index contributed by atoms with van der Waals surface area (Å²) in [6, 6.07) is 0. The monoisotopic (exact) mass is 357 g/mol. The van der Waals surface area contributed by atoms with Crippen LogP contribution in [0.15, 0.2) is 20.9 Å². The molecule has 6 nitrogen and oxygen atoms in total. The summed E-state index contributed by atoms with van der Waals surface area (Å²) in [5, 5.41) is 11.3. The maximum Gasteiger partial charge on any atom is 0.242 e. The predicted octanol–water partition coefficient (Wildman–Crippen LogP) is 2.10. The van der Waals surface area contributed by atoms with Crippen LogP contribution in [0.4, 0.5) is 0 Å². The molecule has 1 amide bonds. The lowest BCUT2D eigenvalue weighted by Gasteiger charge is -2.20. The standard InChI is InChI=1S/C15H27N5OS2/c1-5-16-13(19-11-12(21)20-15(2,3)4)17-7-6-9-22-14-18-8-10-23-14/h8,10H,5-7,9,11H2,1-4H3,(H,20,21)(H2,16,17,19). The SMILES string of the molecule is CCNC(=NCC(=O)NC(C)(C)C)NCCCSc1nccs1. The highest BCUT2D eigenvalue weighted by Gasteiger charge is 2.13. The van der Waals surface area contributed by atoms with Crippen molar-refractivity contribution in [2.45, 2.75) is 44.0 Å². The van der Waals surface area contributed by atoms with Crippen molar-refractivity contribution in [3.05, 3.63) is 11.6 Å². The van der Waals surface area contributed by atoms with Gasteiger partial charge in [0.1, 0.15) is 10.9 Å². The highest BCUT2D eigenvalue weighted by Crippen LogP contribution is 2.20. The van der Waals surface area contributed by atoms with E-state index in [4.69, 9.17) is 0 Å². The van der Waals surface area contributed by atoms with E-state index in [1.54, 1.807) is 23.1 Å². The fraction of sp³-hybridized carbons (Fsp3) is 0.667. The summed E-state index contributed by atoms with van der Waals surface area (Å²) < 4.78 is 1.10. The van der Waals surface area contributed by atoms with Crippen molar-refractivity contribution in [3.63, 3.8) is 0 Å². The Kier molecular flexibility index (Phi) is 9.01. The number of hydrogen-bond donors (Lipinski definition) is 3. The molecule has 1 aromatic heterocycles. The van der Waals surface area contributed by atoms with Gasteiger partial charge in [-0.1, -0.05) is 11.8 Å². The van der Waals surface area contributed by atoms with Crippen LogP contribution in [-0.4, -0.2) is 47.8 Å². The summed E-state index contributed by atoms with van der Waals surface area (Å²) in [4.78, 5) is 20.3. The molecule has 0 spiro atoms.